The summed E-state index contributed by atoms with van der Waals surface area (Å²) in [4.78, 5) is 13.8. The van der Waals surface area contributed by atoms with Gasteiger partial charge in [-0.3, -0.25) is 4.79 Å². The summed E-state index contributed by atoms with van der Waals surface area (Å²) in [6.07, 6.45) is 3.39. The highest BCUT2D eigenvalue weighted by Crippen LogP contribution is 2.21. The summed E-state index contributed by atoms with van der Waals surface area (Å²) in [6, 6.07) is 6.94. The second kappa shape index (κ2) is 7.79. The van der Waals surface area contributed by atoms with Gasteiger partial charge in [0, 0.05) is 30.4 Å². The summed E-state index contributed by atoms with van der Waals surface area (Å²) >= 11 is 5.98. The Labute approximate surface area is 137 Å². The average Bonchev–Trinajstić information content (AvgIpc) is 2.41. The van der Waals surface area contributed by atoms with Gasteiger partial charge in [0.2, 0.25) is 5.91 Å². The van der Waals surface area contributed by atoms with Crippen LogP contribution in [0.5, 0.6) is 0 Å². The third-order valence-electron chi connectivity index (χ3n) is 3.43. The number of carbonyl (C=O) groups excluding carboxylic acids is 1. The predicted octanol–water partition coefficient (Wildman–Crippen LogP) is 3.02. The largest absolute Gasteiger partial charge is 0.338 e. The number of carbonyl (C=O) groups is 1. The maximum atomic E-state index is 12.3. The van der Waals surface area contributed by atoms with E-state index in [1.54, 1.807) is 26.1 Å². The van der Waals surface area contributed by atoms with Crippen LogP contribution in [0.3, 0.4) is 0 Å². The van der Waals surface area contributed by atoms with Gasteiger partial charge in [0.1, 0.15) is 9.84 Å². The summed E-state index contributed by atoms with van der Waals surface area (Å²) in [7, 11) is -1.51. The van der Waals surface area contributed by atoms with E-state index in [0.29, 0.717) is 11.4 Å². The van der Waals surface area contributed by atoms with Gasteiger partial charge in [-0.1, -0.05) is 30.7 Å². The molecule has 1 unspecified atom stereocenters. The third-order valence-corrected chi connectivity index (χ3v) is 4.75. The van der Waals surface area contributed by atoms with Crippen molar-refractivity contribution in [3.8, 4) is 0 Å². The van der Waals surface area contributed by atoms with E-state index in [9.17, 15) is 13.2 Å². The second-order valence-corrected chi connectivity index (χ2v) is 8.05. The van der Waals surface area contributed by atoms with Crippen LogP contribution in [0, 0.1) is 0 Å². The molecule has 0 saturated heterocycles. The van der Waals surface area contributed by atoms with Gasteiger partial charge in [-0.15, -0.1) is 0 Å². The van der Waals surface area contributed by atoms with Crippen LogP contribution in [0.2, 0.25) is 5.02 Å². The van der Waals surface area contributed by atoms with Crippen molar-refractivity contribution in [3.63, 3.8) is 0 Å². The van der Waals surface area contributed by atoms with E-state index in [0.717, 1.165) is 11.1 Å². The Morgan fingerprint density at radius 1 is 1.41 bits per heavy atom. The maximum absolute atomic E-state index is 12.3. The number of likely N-dealkylation sites (N-methyl/N-ethyl adjacent to an activating group) is 1. The number of amides is 1. The van der Waals surface area contributed by atoms with Crippen LogP contribution >= 0.6 is 11.6 Å². The average molecular weight is 344 g/mol. The third kappa shape index (κ3) is 5.81. The van der Waals surface area contributed by atoms with E-state index in [2.05, 4.69) is 0 Å². The number of hydrogen-bond acceptors (Lipinski definition) is 3. The van der Waals surface area contributed by atoms with Crippen molar-refractivity contribution in [1.29, 1.82) is 0 Å². The van der Waals surface area contributed by atoms with Crippen molar-refractivity contribution in [2.24, 2.45) is 0 Å². The minimum absolute atomic E-state index is 0.0539. The van der Waals surface area contributed by atoms with Crippen LogP contribution in [0.4, 0.5) is 0 Å². The molecule has 4 nitrogen and oxygen atoms in total. The topological polar surface area (TPSA) is 54.5 Å². The molecular formula is C16H22ClNO3S. The molecule has 0 aliphatic heterocycles. The summed E-state index contributed by atoms with van der Waals surface area (Å²) in [5.41, 5.74) is 1.76. The van der Waals surface area contributed by atoms with Crippen molar-refractivity contribution in [2.45, 2.75) is 26.3 Å². The molecule has 22 heavy (non-hydrogen) atoms. The Morgan fingerprint density at radius 3 is 2.55 bits per heavy atom. The van der Waals surface area contributed by atoms with Crippen LogP contribution in [-0.4, -0.2) is 44.3 Å². The molecule has 1 aromatic rings. The highest BCUT2D eigenvalue weighted by Gasteiger charge is 2.19. The first kappa shape index (κ1) is 18.7. The molecule has 0 aliphatic carbocycles. The Kier molecular flexibility index (Phi) is 6.63. The molecule has 6 heteroatoms. The van der Waals surface area contributed by atoms with Gasteiger partial charge in [0.15, 0.2) is 0 Å². The molecule has 0 N–H and O–H groups in total. The van der Waals surface area contributed by atoms with Crippen molar-refractivity contribution < 1.29 is 13.2 Å². The van der Waals surface area contributed by atoms with E-state index < -0.39 is 9.84 Å². The lowest BCUT2D eigenvalue weighted by molar-refractivity contribution is -0.126. The lowest BCUT2D eigenvalue weighted by atomic mass is 10.0. The maximum Gasteiger partial charge on any atom is 0.246 e. The van der Waals surface area contributed by atoms with Gasteiger partial charge in [-0.05, 0) is 36.6 Å². The summed E-state index contributed by atoms with van der Waals surface area (Å²) in [6.45, 7) is 3.68. The Morgan fingerprint density at radius 2 is 2.05 bits per heavy atom. The van der Waals surface area contributed by atoms with Gasteiger partial charge in [-0.25, -0.2) is 8.42 Å². The van der Waals surface area contributed by atoms with Crippen molar-refractivity contribution >= 4 is 32.9 Å². The zero-order chi connectivity index (χ0) is 16.9. The van der Waals surface area contributed by atoms with Gasteiger partial charge in [0.05, 0.1) is 5.75 Å². The first-order valence-electron chi connectivity index (χ1n) is 7.05. The van der Waals surface area contributed by atoms with Gasteiger partial charge < -0.3 is 4.90 Å². The van der Waals surface area contributed by atoms with Crippen molar-refractivity contribution in [1.82, 2.24) is 4.90 Å². The summed E-state index contributed by atoms with van der Waals surface area (Å²) < 4.78 is 22.7. The van der Waals surface area contributed by atoms with E-state index in [1.807, 2.05) is 25.1 Å². The van der Waals surface area contributed by atoms with Gasteiger partial charge in [-0.2, -0.15) is 0 Å². The highest BCUT2D eigenvalue weighted by molar-refractivity contribution is 7.90. The molecule has 0 bridgehead atoms. The van der Waals surface area contributed by atoms with Crippen LogP contribution in [0.1, 0.15) is 25.8 Å². The fourth-order valence-electron chi connectivity index (χ4n) is 2.10. The van der Waals surface area contributed by atoms with Crippen molar-refractivity contribution in [2.75, 3.05) is 19.1 Å². The smallest absolute Gasteiger partial charge is 0.246 e. The molecule has 0 aromatic heterocycles. The highest BCUT2D eigenvalue weighted by atomic mass is 35.5. The number of halogens is 1. The number of hydrogen-bond donors (Lipinski definition) is 0. The molecule has 1 amide bonds. The normalized spacial score (nSPS) is 13.8. The van der Waals surface area contributed by atoms with Crippen molar-refractivity contribution in [3.05, 3.63) is 40.9 Å². The van der Waals surface area contributed by atoms with Crippen LogP contribution in [0.15, 0.2) is 30.3 Å². The fourth-order valence-corrected chi connectivity index (χ4v) is 3.39. The molecule has 0 heterocycles. The minimum atomic E-state index is -3.13. The zero-order valence-corrected chi connectivity index (χ0v) is 14.9. The van der Waals surface area contributed by atoms with E-state index in [-0.39, 0.29) is 17.7 Å². The molecular weight excluding hydrogens is 322 g/mol. The quantitative estimate of drug-likeness (QED) is 0.746. The van der Waals surface area contributed by atoms with E-state index in [1.165, 1.54) is 11.2 Å². The van der Waals surface area contributed by atoms with Crippen LogP contribution in [-0.2, 0) is 14.6 Å². The SMILES string of the molecule is CC/C(=C\C(=O)N(C)C(C)CS(C)(=O)=O)c1cccc(Cl)c1. The monoisotopic (exact) mass is 343 g/mol. The lowest BCUT2D eigenvalue weighted by Gasteiger charge is -2.23. The Bertz CT molecular complexity index is 668. The first-order chi connectivity index (χ1) is 10.1. The van der Waals surface area contributed by atoms with Crippen LogP contribution in [0.25, 0.3) is 5.57 Å². The minimum Gasteiger partial charge on any atom is -0.338 e. The summed E-state index contributed by atoms with van der Waals surface area (Å²) in [5, 5.41) is 0.614. The molecule has 1 aromatic carbocycles. The van der Waals surface area contributed by atoms with Gasteiger partial charge >= 0.3 is 0 Å². The lowest BCUT2D eigenvalue weighted by Crippen LogP contribution is -2.38. The van der Waals surface area contributed by atoms with Crippen LogP contribution < -0.4 is 0 Å². The number of rotatable bonds is 6. The zero-order valence-electron chi connectivity index (χ0n) is 13.3. The Hall–Kier alpha value is -1.33. The molecule has 0 aliphatic rings. The standard InChI is InChI=1S/C16H22ClNO3S/c1-5-13(14-7-6-8-15(17)9-14)10-16(19)18(3)12(2)11-22(4,20)21/h6-10,12H,5,11H2,1-4H3/b13-10+. The molecule has 0 radical (unpaired) electrons. The van der Waals surface area contributed by atoms with Gasteiger partial charge in [0.25, 0.3) is 0 Å². The first-order valence-corrected chi connectivity index (χ1v) is 9.49. The molecule has 0 saturated carbocycles. The van der Waals surface area contributed by atoms with E-state index >= 15 is 0 Å². The summed E-state index contributed by atoms with van der Waals surface area (Å²) in [5.74, 6) is -0.269. The molecule has 0 fully saturated rings. The number of benzene rings is 1. The van der Waals surface area contributed by atoms with E-state index in [4.69, 9.17) is 11.6 Å². The predicted molar refractivity (Wildman–Crippen MR) is 91.7 cm³/mol. The molecule has 122 valence electrons. The number of nitrogens with zero attached hydrogens (tertiary/aromatic N) is 1. The second-order valence-electron chi connectivity index (χ2n) is 5.42. The fraction of sp³-hybridized carbons (Fsp3) is 0.438. The Balaban J connectivity index is 2.95. The molecule has 1 atom stereocenters. The molecule has 1 rings (SSSR count). The number of sulfone groups is 1. The number of allylic oxidation sites excluding steroid dienone is 1. The molecule has 0 spiro atoms.